The first-order valence-electron chi connectivity index (χ1n) is 14.4. The molecule has 4 aliphatic rings. The van der Waals surface area contributed by atoms with Gasteiger partial charge in [-0.3, -0.25) is 19.3 Å². The summed E-state index contributed by atoms with van der Waals surface area (Å²) < 4.78 is 0. The van der Waals surface area contributed by atoms with E-state index in [1.165, 1.54) is 17.5 Å². The number of aryl methyl sites for hydroxylation is 1. The lowest BCUT2D eigenvalue weighted by Crippen LogP contribution is -2.66. The van der Waals surface area contributed by atoms with Crippen LogP contribution in [-0.2, 0) is 20.8 Å². The van der Waals surface area contributed by atoms with E-state index in [-0.39, 0.29) is 60.5 Å². The van der Waals surface area contributed by atoms with Crippen molar-refractivity contribution in [2.75, 3.05) is 26.7 Å². The molecule has 2 aliphatic heterocycles. The van der Waals surface area contributed by atoms with Crippen LogP contribution in [0.2, 0.25) is 0 Å². The second-order valence-electron chi connectivity index (χ2n) is 11.5. The van der Waals surface area contributed by atoms with Gasteiger partial charge in [-0.1, -0.05) is 43.5 Å². The molecule has 10 heteroatoms. The van der Waals surface area contributed by atoms with Gasteiger partial charge in [-0.05, 0) is 76.1 Å². The summed E-state index contributed by atoms with van der Waals surface area (Å²) in [5.74, 6) is -0.199. The van der Waals surface area contributed by atoms with E-state index in [4.69, 9.17) is 0 Å². The molecule has 0 aromatic heterocycles. The van der Waals surface area contributed by atoms with Crippen molar-refractivity contribution in [3.8, 4) is 0 Å². The minimum atomic E-state index is -0.584. The Morgan fingerprint density at radius 2 is 1.69 bits per heavy atom. The van der Waals surface area contributed by atoms with Gasteiger partial charge in [0, 0.05) is 19.1 Å². The summed E-state index contributed by atoms with van der Waals surface area (Å²) in [4.78, 5) is 45.2. The standard InChI is InChI=1S/C29H43N5O3.2ClH/c1-19(30-2)27(35)32-26(21-10-4-3-5-11-21)29(37)34-17-22-12-8-16-33(22)18-25(34)28(36)31-24-15-14-20-9-6-7-13-23(20)24;;/h6-7,9,13,19,21-22,24-26,30H,3-5,8,10-12,14-18H2,1-2H3,(H,31,36)(H,32,35);2*1H/t19-,22+,24+,25-,26-;;/m0../s1. The number of nitrogens with one attached hydrogen (secondary N) is 3. The Bertz CT molecular complexity index is 1000. The summed E-state index contributed by atoms with van der Waals surface area (Å²) in [5.41, 5.74) is 2.49. The largest absolute Gasteiger partial charge is 0.347 e. The Balaban J connectivity index is 0.00000210. The maximum absolute atomic E-state index is 14.3. The fourth-order valence-corrected chi connectivity index (χ4v) is 6.90. The highest BCUT2D eigenvalue weighted by Gasteiger charge is 2.45. The van der Waals surface area contributed by atoms with Crippen molar-refractivity contribution in [3.05, 3.63) is 35.4 Å². The summed E-state index contributed by atoms with van der Waals surface area (Å²) in [5, 5.41) is 9.39. The number of rotatable bonds is 7. The van der Waals surface area contributed by atoms with Crippen LogP contribution < -0.4 is 16.0 Å². The SMILES string of the molecule is CN[C@@H](C)C(=O)N[C@H](C(=O)N1C[C@H]2CCCN2C[C@H]1C(=O)N[C@@H]1CCc2ccccc21)C1CCCCC1.Cl.Cl. The highest BCUT2D eigenvalue weighted by atomic mass is 35.5. The molecule has 39 heavy (non-hydrogen) atoms. The number of hydrogen-bond acceptors (Lipinski definition) is 5. The van der Waals surface area contributed by atoms with Crippen LogP contribution >= 0.6 is 24.8 Å². The maximum atomic E-state index is 14.3. The fourth-order valence-electron chi connectivity index (χ4n) is 6.90. The summed E-state index contributed by atoms with van der Waals surface area (Å²) in [7, 11) is 1.75. The number of benzene rings is 1. The lowest BCUT2D eigenvalue weighted by molar-refractivity contribution is -0.149. The molecule has 0 spiro atoms. The predicted octanol–water partition coefficient (Wildman–Crippen LogP) is 2.98. The number of halogens is 2. The van der Waals surface area contributed by atoms with E-state index in [9.17, 15) is 14.4 Å². The minimum Gasteiger partial charge on any atom is -0.347 e. The van der Waals surface area contributed by atoms with E-state index in [0.29, 0.717) is 19.1 Å². The van der Waals surface area contributed by atoms with Crippen molar-refractivity contribution in [2.24, 2.45) is 5.92 Å². The molecular weight excluding hydrogens is 537 g/mol. The molecule has 5 rings (SSSR count). The van der Waals surface area contributed by atoms with E-state index < -0.39 is 12.1 Å². The molecule has 218 valence electrons. The van der Waals surface area contributed by atoms with Gasteiger partial charge in [-0.25, -0.2) is 0 Å². The summed E-state index contributed by atoms with van der Waals surface area (Å²) in [6.45, 7) is 3.91. The van der Waals surface area contributed by atoms with Gasteiger partial charge in [0.25, 0.3) is 0 Å². The quantitative estimate of drug-likeness (QED) is 0.460. The van der Waals surface area contributed by atoms with E-state index in [1.54, 1.807) is 7.05 Å². The van der Waals surface area contributed by atoms with Gasteiger partial charge >= 0.3 is 0 Å². The van der Waals surface area contributed by atoms with E-state index in [0.717, 1.165) is 57.9 Å². The Morgan fingerprint density at radius 3 is 2.44 bits per heavy atom. The fraction of sp³-hybridized carbons (Fsp3) is 0.690. The van der Waals surface area contributed by atoms with Crippen molar-refractivity contribution in [1.82, 2.24) is 25.8 Å². The molecule has 1 aromatic rings. The van der Waals surface area contributed by atoms with Crippen molar-refractivity contribution < 1.29 is 14.4 Å². The van der Waals surface area contributed by atoms with Crippen LogP contribution in [0.25, 0.3) is 0 Å². The third-order valence-corrected chi connectivity index (χ3v) is 9.24. The van der Waals surface area contributed by atoms with Crippen LogP contribution in [0, 0.1) is 5.92 Å². The number of carbonyl (C=O) groups excluding carboxylic acids is 3. The summed E-state index contributed by atoms with van der Waals surface area (Å²) in [6.07, 6.45) is 9.19. The van der Waals surface area contributed by atoms with Gasteiger partial charge in [0.2, 0.25) is 17.7 Å². The van der Waals surface area contributed by atoms with Gasteiger partial charge in [-0.2, -0.15) is 0 Å². The first-order valence-corrected chi connectivity index (χ1v) is 14.4. The van der Waals surface area contributed by atoms with Gasteiger partial charge in [0.15, 0.2) is 0 Å². The smallest absolute Gasteiger partial charge is 0.246 e. The second-order valence-corrected chi connectivity index (χ2v) is 11.5. The Morgan fingerprint density at radius 1 is 0.949 bits per heavy atom. The summed E-state index contributed by atoms with van der Waals surface area (Å²) in [6, 6.07) is 7.08. The topological polar surface area (TPSA) is 93.8 Å². The minimum absolute atomic E-state index is 0. The molecule has 2 heterocycles. The number of amides is 3. The highest BCUT2D eigenvalue weighted by Crippen LogP contribution is 2.33. The number of nitrogens with zero attached hydrogens (tertiary/aromatic N) is 2. The van der Waals surface area contributed by atoms with Gasteiger partial charge < -0.3 is 20.9 Å². The van der Waals surface area contributed by atoms with Gasteiger partial charge in [0.1, 0.15) is 12.1 Å². The third kappa shape index (κ3) is 6.89. The van der Waals surface area contributed by atoms with Crippen LogP contribution in [0.4, 0.5) is 0 Å². The van der Waals surface area contributed by atoms with Crippen LogP contribution in [0.5, 0.6) is 0 Å². The van der Waals surface area contributed by atoms with E-state index in [1.807, 2.05) is 24.0 Å². The van der Waals surface area contributed by atoms with Crippen molar-refractivity contribution >= 4 is 42.5 Å². The molecular formula is C29H45Cl2N5O3. The molecule has 2 saturated heterocycles. The molecule has 0 bridgehead atoms. The van der Waals surface area contributed by atoms with Crippen molar-refractivity contribution in [3.63, 3.8) is 0 Å². The van der Waals surface area contributed by atoms with Crippen molar-refractivity contribution in [2.45, 2.75) is 94.9 Å². The Hall–Kier alpha value is -1.87. The lowest BCUT2D eigenvalue weighted by atomic mass is 9.82. The predicted molar refractivity (Wildman–Crippen MR) is 157 cm³/mol. The molecule has 3 N–H and O–H groups in total. The van der Waals surface area contributed by atoms with Gasteiger partial charge in [0.05, 0.1) is 12.1 Å². The average Bonchev–Trinajstić information content (AvgIpc) is 3.57. The molecule has 3 amide bonds. The molecule has 2 aliphatic carbocycles. The monoisotopic (exact) mass is 581 g/mol. The van der Waals surface area contributed by atoms with E-state index in [2.05, 4.69) is 33.0 Å². The molecule has 5 atom stereocenters. The normalized spacial score (nSPS) is 26.3. The Kier molecular flexibility index (Phi) is 11.5. The number of hydrogen-bond donors (Lipinski definition) is 3. The molecule has 1 aromatic carbocycles. The van der Waals surface area contributed by atoms with Gasteiger partial charge in [-0.15, -0.1) is 24.8 Å². The zero-order chi connectivity index (χ0) is 25.9. The van der Waals surface area contributed by atoms with E-state index >= 15 is 0 Å². The number of fused-ring (bicyclic) bond motifs is 2. The number of piperazine rings is 1. The number of carbonyl (C=O) groups is 3. The van der Waals surface area contributed by atoms with Crippen LogP contribution in [0.15, 0.2) is 24.3 Å². The zero-order valence-electron chi connectivity index (χ0n) is 23.2. The second kappa shape index (κ2) is 14.2. The van der Waals surface area contributed by atoms with Crippen LogP contribution in [-0.4, -0.2) is 78.4 Å². The van der Waals surface area contributed by atoms with Crippen molar-refractivity contribution in [1.29, 1.82) is 0 Å². The third-order valence-electron chi connectivity index (χ3n) is 9.24. The summed E-state index contributed by atoms with van der Waals surface area (Å²) >= 11 is 0. The molecule has 1 saturated carbocycles. The number of likely N-dealkylation sites (N-methyl/N-ethyl adjacent to an activating group) is 1. The Labute approximate surface area is 245 Å². The molecule has 8 nitrogen and oxygen atoms in total. The lowest BCUT2D eigenvalue weighted by Gasteiger charge is -2.45. The first kappa shape index (κ1) is 31.7. The zero-order valence-corrected chi connectivity index (χ0v) is 24.8. The molecule has 0 unspecified atom stereocenters. The highest BCUT2D eigenvalue weighted by molar-refractivity contribution is 5.93. The molecule has 0 radical (unpaired) electrons. The van der Waals surface area contributed by atoms with Crippen LogP contribution in [0.3, 0.4) is 0 Å². The maximum Gasteiger partial charge on any atom is 0.246 e. The molecule has 3 fully saturated rings. The average molecular weight is 583 g/mol. The first-order chi connectivity index (χ1) is 18.0. The van der Waals surface area contributed by atoms with Crippen LogP contribution in [0.1, 0.15) is 75.5 Å².